The molecule has 0 aliphatic rings. The molecule has 0 spiro atoms. The van der Waals surface area contributed by atoms with Crippen molar-refractivity contribution in [1.29, 1.82) is 0 Å². The zero-order valence-corrected chi connectivity index (χ0v) is 8.55. The SMILES string of the molecule is COc1ccc(C(=O)[O-])c([N+](=O)[O-])c1OC. The average Bonchev–Trinajstić information content (AvgIpc) is 2.26. The van der Waals surface area contributed by atoms with Gasteiger partial charge in [-0.25, -0.2) is 0 Å². The molecule has 7 heteroatoms. The number of nitro groups is 1. The van der Waals surface area contributed by atoms with Gasteiger partial charge < -0.3 is 19.4 Å². The van der Waals surface area contributed by atoms with Crippen LogP contribution in [0.5, 0.6) is 11.5 Å². The Kier molecular flexibility index (Phi) is 3.29. The molecule has 0 amide bonds. The van der Waals surface area contributed by atoms with E-state index >= 15 is 0 Å². The zero-order chi connectivity index (χ0) is 12.3. The van der Waals surface area contributed by atoms with Crippen molar-refractivity contribution in [3.63, 3.8) is 0 Å². The molecule has 1 aromatic rings. The van der Waals surface area contributed by atoms with E-state index in [0.29, 0.717) is 0 Å². The van der Waals surface area contributed by atoms with Gasteiger partial charge in [0.25, 0.3) is 0 Å². The highest BCUT2D eigenvalue weighted by molar-refractivity contribution is 5.93. The minimum Gasteiger partial charge on any atom is -0.545 e. The Labute approximate surface area is 90.4 Å². The summed E-state index contributed by atoms with van der Waals surface area (Å²) in [6.07, 6.45) is 0. The number of nitrogens with zero attached hydrogens (tertiary/aromatic N) is 1. The number of carbonyl (C=O) groups is 1. The van der Waals surface area contributed by atoms with Crippen molar-refractivity contribution in [1.82, 2.24) is 0 Å². The molecule has 0 bridgehead atoms. The molecule has 0 aromatic heterocycles. The smallest absolute Gasteiger partial charge is 0.323 e. The molecule has 0 atom stereocenters. The monoisotopic (exact) mass is 226 g/mol. The lowest BCUT2D eigenvalue weighted by molar-refractivity contribution is -0.386. The Morgan fingerprint density at radius 3 is 2.31 bits per heavy atom. The summed E-state index contributed by atoms with van der Waals surface area (Å²) in [6.45, 7) is 0. The van der Waals surface area contributed by atoms with Gasteiger partial charge in [0, 0.05) is 0 Å². The second-order valence-electron chi connectivity index (χ2n) is 2.74. The summed E-state index contributed by atoms with van der Waals surface area (Å²) in [7, 11) is 2.48. The van der Waals surface area contributed by atoms with Crippen molar-refractivity contribution in [2.24, 2.45) is 0 Å². The van der Waals surface area contributed by atoms with Gasteiger partial charge in [0.2, 0.25) is 5.75 Å². The molecule has 86 valence electrons. The van der Waals surface area contributed by atoms with Crippen molar-refractivity contribution in [2.75, 3.05) is 14.2 Å². The van der Waals surface area contributed by atoms with Gasteiger partial charge >= 0.3 is 5.69 Å². The molecule has 0 aliphatic heterocycles. The van der Waals surface area contributed by atoms with Crippen LogP contribution in [-0.4, -0.2) is 25.1 Å². The van der Waals surface area contributed by atoms with Gasteiger partial charge in [0.05, 0.1) is 30.7 Å². The summed E-state index contributed by atoms with van der Waals surface area (Å²) < 4.78 is 9.58. The molecule has 1 aromatic carbocycles. The predicted molar refractivity (Wildman–Crippen MR) is 50.5 cm³/mol. The summed E-state index contributed by atoms with van der Waals surface area (Å²) in [6, 6.07) is 2.30. The molecule has 0 fully saturated rings. The molecule has 0 radical (unpaired) electrons. The van der Waals surface area contributed by atoms with Crippen LogP contribution in [-0.2, 0) is 0 Å². The third-order valence-electron chi connectivity index (χ3n) is 1.92. The molecule has 0 aliphatic carbocycles. The van der Waals surface area contributed by atoms with Crippen molar-refractivity contribution in [3.8, 4) is 11.5 Å². The van der Waals surface area contributed by atoms with E-state index in [2.05, 4.69) is 0 Å². The first kappa shape index (κ1) is 11.8. The minimum absolute atomic E-state index is 0.0826. The number of benzene rings is 1. The molecule has 0 N–H and O–H groups in total. The van der Waals surface area contributed by atoms with Crippen molar-refractivity contribution in [2.45, 2.75) is 0 Å². The predicted octanol–water partition coefficient (Wildman–Crippen LogP) is -0.0245. The maximum atomic E-state index is 10.8. The van der Waals surface area contributed by atoms with Gasteiger partial charge in [-0.15, -0.1) is 0 Å². The third kappa shape index (κ3) is 1.88. The van der Waals surface area contributed by atoms with E-state index in [0.717, 1.165) is 6.07 Å². The fourth-order valence-electron chi connectivity index (χ4n) is 1.26. The van der Waals surface area contributed by atoms with Crippen LogP contribution in [0.4, 0.5) is 5.69 Å². The number of hydrogen-bond donors (Lipinski definition) is 0. The Hall–Kier alpha value is -2.31. The van der Waals surface area contributed by atoms with Gasteiger partial charge in [0.1, 0.15) is 0 Å². The first-order valence-corrected chi connectivity index (χ1v) is 4.13. The molecule has 0 unspecified atom stereocenters. The number of carboxylic acids is 1. The number of hydrogen-bond acceptors (Lipinski definition) is 6. The van der Waals surface area contributed by atoms with Crippen LogP contribution >= 0.6 is 0 Å². The Balaban J connectivity index is 3.56. The average molecular weight is 226 g/mol. The largest absolute Gasteiger partial charge is 0.545 e. The second-order valence-corrected chi connectivity index (χ2v) is 2.74. The van der Waals surface area contributed by atoms with Crippen LogP contribution in [0.3, 0.4) is 0 Å². The van der Waals surface area contributed by atoms with Crippen molar-refractivity contribution < 1.29 is 24.3 Å². The van der Waals surface area contributed by atoms with Crippen LogP contribution in [0, 0.1) is 10.1 Å². The molecule has 0 heterocycles. The summed E-state index contributed by atoms with van der Waals surface area (Å²) in [4.78, 5) is 20.6. The number of ether oxygens (including phenoxy) is 2. The molecule has 16 heavy (non-hydrogen) atoms. The van der Waals surface area contributed by atoms with Gasteiger partial charge in [-0.2, -0.15) is 0 Å². The molecule has 7 nitrogen and oxygen atoms in total. The van der Waals surface area contributed by atoms with E-state index in [1.54, 1.807) is 0 Å². The fourth-order valence-corrected chi connectivity index (χ4v) is 1.26. The lowest BCUT2D eigenvalue weighted by Crippen LogP contribution is -2.23. The van der Waals surface area contributed by atoms with Gasteiger partial charge in [-0.1, -0.05) is 0 Å². The number of methoxy groups -OCH3 is 2. The molecule has 0 saturated carbocycles. The highest BCUT2D eigenvalue weighted by Gasteiger charge is 2.25. The zero-order valence-electron chi connectivity index (χ0n) is 8.55. The maximum absolute atomic E-state index is 10.8. The van der Waals surface area contributed by atoms with Crippen molar-refractivity contribution in [3.05, 3.63) is 27.8 Å². The molecule has 0 saturated heterocycles. The summed E-state index contributed by atoms with van der Waals surface area (Å²) in [5, 5.41) is 21.4. The van der Waals surface area contributed by atoms with E-state index in [1.807, 2.05) is 0 Å². The van der Waals surface area contributed by atoms with Crippen LogP contribution in [0.15, 0.2) is 12.1 Å². The normalized spacial score (nSPS) is 9.62. The highest BCUT2D eigenvalue weighted by atomic mass is 16.6. The topological polar surface area (TPSA) is 102 Å². The first-order chi connectivity index (χ1) is 7.52. The molecular weight excluding hydrogens is 218 g/mol. The Bertz CT molecular complexity index is 442. The van der Waals surface area contributed by atoms with Gasteiger partial charge in [-0.3, -0.25) is 10.1 Å². The van der Waals surface area contributed by atoms with E-state index in [9.17, 15) is 20.0 Å². The number of carboxylic acid groups (broad SMARTS) is 1. The van der Waals surface area contributed by atoms with Gasteiger partial charge in [0.15, 0.2) is 5.75 Å². The molecule has 1 rings (SSSR count). The number of carbonyl (C=O) groups excluding carboxylic acids is 1. The van der Waals surface area contributed by atoms with E-state index < -0.39 is 22.1 Å². The van der Waals surface area contributed by atoms with Crippen LogP contribution in [0.2, 0.25) is 0 Å². The summed E-state index contributed by atoms with van der Waals surface area (Å²) >= 11 is 0. The lowest BCUT2D eigenvalue weighted by atomic mass is 10.1. The van der Waals surface area contributed by atoms with E-state index in [4.69, 9.17) is 9.47 Å². The van der Waals surface area contributed by atoms with Crippen LogP contribution in [0.1, 0.15) is 10.4 Å². The quantitative estimate of drug-likeness (QED) is 0.528. The highest BCUT2D eigenvalue weighted by Crippen LogP contribution is 2.38. The summed E-state index contributed by atoms with van der Waals surface area (Å²) in [5.41, 5.74) is -1.23. The van der Waals surface area contributed by atoms with Gasteiger partial charge in [-0.05, 0) is 12.1 Å². The minimum atomic E-state index is -1.65. The van der Waals surface area contributed by atoms with Crippen LogP contribution < -0.4 is 14.6 Å². The number of rotatable bonds is 4. The Morgan fingerprint density at radius 1 is 1.31 bits per heavy atom. The standard InChI is InChI=1S/C9H9NO6/c1-15-6-4-3-5(9(11)12)7(10(13)14)8(6)16-2/h3-4H,1-2H3,(H,11,12)/p-1. The number of aromatic carboxylic acids is 1. The second kappa shape index (κ2) is 4.47. The van der Waals surface area contributed by atoms with E-state index in [1.165, 1.54) is 20.3 Å². The summed E-state index contributed by atoms with van der Waals surface area (Å²) in [5.74, 6) is -1.80. The van der Waals surface area contributed by atoms with Crippen molar-refractivity contribution >= 4 is 11.7 Å². The Morgan fingerprint density at radius 2 is 1.94 bits per heavy atom. The van der Waals surface area contributed by atoms with E-state index in [-0.39, 0.29) is 11.5 Å². The first-order valence-electron chi connectivity index (χ1n) is 4.13. The lowest BCUT2D eigenvalue weighted by Gasteiger charge is -2.11. The number of nitro benzene ring substituents is 1. The maximum Gasteiger partial charge on any atom is 0.323 e. The molecular formula is C9H8NO6-. The fraction of sp³-hybridized carbons (Fsp3) is 0.222. The van der Waals surface area contributed by atoms with Crippen LogP contribution in [0.25, 0.3) is 0 Å². The third-order valence-corrected chi connectivity index (χ3v) is 1.92.